The van der Waals surface area contributed by atoms with E-state index in [1.807, 2.05) is 0 Å². The summed E-state index contributed by atoms with van der Waals surface area (Å²) in [4.78, 5) is 11.2. The van der Waals surface area contributed by atoms with E-state index in [4.69, 9.17) is 4.74 Å². The molecule has 0 spiro atoms. The largest absolute Gasteiger partial charge is 0.465 e. The van der Waals surface area contributed by atoms with Crippen molar-refractivity contribution in [1.29, 1.82) is 0 Å². The van der Waals surface area contributed by atoms with E-state index in [1.165, 1.54) is 0 Å². The van der Waals surface area contributed by atoms with Gasteiger partial charge in [-0.15, -0.1) is 12.4 Å². The SMILES string of the molecule is COCC1(CNS(=O)(=O)c2cc(F)cc(C(=O)OC)c2)CCCN1.Cl. The van der Waals surface area contributed by atoms with Gasteiger partial charge >= 0.3 is 5.97 Å². The van der Waals surface area contributed by atoms with Gasteiger partial charge < -0.3 is 14.8 Å². The Morgan fingerprint density at radius 1 is 1.36 bits per heavy atom. The van der Waals surface area contributed by atoms with E-state index in [-0.39, 0.29) is 29.4 Å². The van der Waals surface area contributed by atoms with Crippen LogP contribution in [0.5, 0.6) is 0 Å². The van der Waals surface area contributed by atoms with E-state index >= 15 is 0 Å². The van der Waals surface area contributed by atoms with Crippen LogP contribution < -0.4 is 10.0 Å². The van der Waals surface area contributed by atoms with E-state index in [9.17, 15) is 17.6 Å². The van der Waals surface area contributed by atoms with Crippen LogP contribution in [0.2, 0.25) is 0 Å². The Morgan fingerprint density at radius 2 is 2.08 bits per heavy atom. The first-order chi connectivity index (χ1) is 11.3. The first-order valence-corrected chi connectivity index (χ1v) is 8.93. The molecule has 1 fully saturated rings. The molecule has 0 aliphatic carbocycles. The molecule has 1 aromatic rings. The first-order valence-electron chi connectivity index (χ1n) is 7.44. The second-order valence-corrected chi connectivity index (χ2v) is 7.50. The fourth-order valence-corrected chi connectivity index (χ4v) is 3.92. The van der Waals surface area contributed by atoms with Crippen LogP contribution in [0.3, 0.4) is 0 Å². The number of carbonyl (C=O) groups is 1. The van der Waals surface area contributed by atoms with Crippen LogP contribution in [-0.2, 0) is 19.5 Å². The smallest absolute Gasteiger partial charge is 0.337 e. The van der Waals surface area contributed by atoms with Gasteiger partial charge in [0.1, 0.15) is 5.82 Å². The van der Waals surface area contributed by atoms with Gasteiger partial charge in [-0.3, -0.25) is 0 Å². The highest BCUT2D eigenvalue weighted by Gasteiger charge is 2.35. The number of carbonyl (C=O) groups excluding carboxylic acids is 1. The van der Waals surface area contributed by atoms with E-state index in [0.717, 1.165) is 44.7 Å². The van der Waals surface area contributed by atoms with Gasteiger partial charge in [-0.2, -0.15) is 0 Å². The molecule has 0 radical (unpaired) electrons. The topological polar surface area (TPSA) is 93.7 Å². The zero-order chi connectivity index (χ0) is 17.8. The van der Waals surface area contributed by atoms with Crippen LogP contribution >= 0.6 is 12.4 Å². The maximum atomic E-state index is 13.7. The predicted molar refractivity (Wildman–Crippen MR) is 92.0 cm³/mol. The fraction of sp³-hybridized carbons (Fsp3) is 0.533. The summed E-state index contributed by atoms with van der Waals surface area (Å²) >= 11 is 0. The lowest BCUT2D eigenvalue weighted by Gasteiger charge is -2.28. The molecular formula is C15H22ClFN2O5S. The van der Waals surface area contributed by atoms with Crippen molar-refractivity contribution in [1.82, 2.24) is 10.0 Å². The van der Waals surface area contributed by atoms with Gasteiger partial charge in [-0.1, -0.05) is 0 Å². The summed E-state index contributed by atoms with van der Waals surface area (Å²) in [6, 6.07) is 2.87. The first kappa shape index (κ1) is 21.8. The Balaban J connectivity index is 0.00000312. The van der Waals surface area contributed by atoms with Gasteiger partial charge in [-0.25, -0.2) is 22.3 Å². The van der Waals surface area contributed by atoms with Crippen LogP contribution in [0.25, 0.3) is 0 Å². The number of esters is 1. The molecule has 0 aromatic heterocycles. The lowest BCUT2D eigenvalue weighted by molar-refractivity contribution is 0.0600. The summed E-state index contributed by atoms with van der Waals surface area (Å²) in [5.74, 6) is -1.64. The predicted octanol–water partition coefficient (Wildman–Crippen LogP) is 1.08. The Kier molecular flexibility index (Phi) is 7.76. The number of hydrogen-bond acceptors (Lipinski definition) is 6. The van der Waals surface area contributed by atoms with Crippen LogP contribution in [0.4, 0.5) is 4.39 Å². The number of nitrogens with one attached hydrogen (secondary N) is 2. The molecule has 2 rings (SSSR count). The molecule has 1 aromatic carbocycles. The molecule has 142 valence electrons. The summed E-state index contributed by atoms with van der Waals surface area (Å²) in [7, 11) is -1.30. The third-order valence-corrected chi connectivity index (χ3v) is 5.34. The lowest BCUT2D eigenvalue weighted by atomic mass is 9.99. The van der Waals surface area contributed by atoms with Gasteiger partial charge in [0.15, 0.2) is 0 Å². The molecule has 7 nitrogen and oxygen atoms in total. The highest BCUT2D eigenvalue weighted by Crippen LogP contribution is 2.21. The second kappa shape index (κ2) is 8.91. The van der Waals surface area contributed by atoms with Gasteiger partial charge in [0.25, 0.3) is 0 Å². The fourth-order valence-electron chi connectivity index (χ4n) is 2.74. The summed E-state index contributed by atoms with van der Waals surface area (Å²) in [5, 5.41) is 3.25. The minimum Gasteiger partial charge on any atom is -0.465 e. The number of hydrogen-bond donors (Lipinski definition) is 2. The molecule has 1 aliphatic rings. The molecular weight excluding hydrogens is 375 g/mol. The third-order valence-electron chi connectivity index (χ3n) is 3.96. The van der Waals surface area contributed by atoms with E-state index in [1.54, 1.807) is 7.11 Å². The average Bonchev–Trinajstić information content (AvgIpc) is 3.01. The second-order valence-electron chi connectivity index (χ2n) is 5.74. The highest BCUT2D eigenvalue weighted by molar-refractivity contribution is 7.89. The summed E-state index contributed by atoms with van der Waals surface area (Å²) in [6.45, 7) is 1.23. The van der Waals surface area contributed by atoms with Crippen LogP contribution in [0, 0.1) is 5.82 Å². The van der Waals surface area contributed by atoms with E-state index in [2.05, 4.69) is 14.8 Å². The van der Waals surface area contributed by atoms with Crippen molar-refractivity contribution < 1.29 is 27.1 Å². The summed E-state index contributed by atoms with van der Waals surface area (Å²) in [6.07, 6.45) is 1.68. The van der Waals surface area contributed by atoms with Crippen LogP contribution in [-0.4, -0.2) is 53.8 Å². The maximum absolute atomic E-state index is 13.7. The number of sulfonamides is 1. The molecule has 25 heavy (non-hydrogen) atoms. The van der Waals surface area contributed by atoms with E-state index < -0.39 is 27.3 Å². The molecule has 0 amide bonds. The zero-order valence-electron chi connectivity index (χ0n) is 14.0. The molecule has 1 saturated heterocycles. The highest BCUT2D eigenvalue weighted by atomic mass is 35.5. The Morgan fingerprint density at radius 3 is 2.64 bits per heavy atom. The quantitative estimate of drug-likeness (QED) is 0.670. The number of rotatable bonds is 7. The van der Waals surface area contributed by atoms with Crippen molar-refractivity contribution in [3.05, 3.63) is 29.6 Å². The average molecular weight is 397 g/mol. The van der Waals surface area contributed by atoms with Crippen molar-refractivity contribution in [2.45, 2.75) is 23.3 Å². The van der Waals surface area contributed by atoms with Crippen molar-refractivity contribution in [2.24, 2.45) is 0 Å². The van der Waals surface area contributed by atoms with Gasteiger partial charge in [0, 0.05) is 13.7 Å². The molecule has 1 unspecified atom stereocenters. The Hall–Kier alpha value is -1.26. The van der Waals surface area contributed by atoms with Gasteiger partial charge in [0.2, 0.25) is 10.0 Å². The number of halogens is 2. The van der Waals surface area contributed by atoms with Crippen molar-refractivity contribution in [3.8, 4) is 0 Å². The van der Waals surface area contributed by atoms with Crippen molar-refractivity contribution in [2.75, 3.05) is 33.9 Å². The third kappa shape index (κ3) is 5.35. The molecule has 0 saturated carbocycles. The number of methoxy groups -OCH3 is 2. The molecule has 2 N–H and O–H groups in total. The molecule has 0 bridgehead atoms. The number of benzene rings is 1. The molecule has 1 atom stereocenters. The van der Waals surface area contributed by atoms with E-state index in [0.29, 0.717) is 6.61 Å². The minimum atomic E-state index is -3.98. The van der Waals surface area contributed by atoms with Crippen LogP contribution in [0.15, 0.2) is 23.1 Å². The zero-order valence-corrected chi connectivity index (χ0v) is 15.6. The molecule has 1 aliphatic heterocycles. The number of ether oxygens (including phenoxy) is 2. The van der Waals surface area contributed by atoms with Crippen molar-refractivity contribution in [3.63, 3.8) is 0 Å². The Labute approximate surface area is 152 Å². The molecule has 1 heterocycles. The minimum absolute atomic E-state index is 0. The Bertz CT molecular complexity index is 708. The standard InChI is InChI=1S/C15H21FN2O5S.ClH/c1-22-10-15(4-3-5-17-15)9-18-24(20,21)13-7-11(14(19)23-2)6-12(16)8-13;/h6-8,17-18H,3-5,9-10H2,1-2H3;1H. The normalized spacial score (nSPS) is 20.1. The van der Waals surface area contributed by atoms with Crippen LogP contribution in [0.1, 0.15) is 23.2 Å². The molecule has 10 heteroatoms. The lowest BCUT2D eigenvalue weighted by Crippen LogP contribution is -2.52. The summed E-state index contributed by atoms with van der Waals surface area (Å²) in [5.41, 5.74) is -0.649. The van der Waals surface area contributed by atoms with Gasteiger partial charge in [-0.05, 0) is 37.6 Å². The monoisotopic (exact) mass is 396 g/mol. The van der Waals surface area contributed by atoms with Gasteiger partial charge in [0.05, 0.1) is 29.7 Å². The summed E-state index contributed by atoms with van der Waals surface area (Å²) < 4.78 is 50.7. The van der Waals surface area contributed by atoms with Crippen molar-refractivity contribution >= 4 is 28.4 Å². The maximum Gasteiger partial charge on any atom is 0.337 e.